The Bertz CT molecular complexity index is 515. The lowest BCUT2D eigenvalue weighted by Crippen LogP contribution is -2.53. The predicted molar refractivity (Wildman–Crippen MR) is 83.5 cm³/mol. The summed E-state index contributed by atoms with van der Waals surface area (Å²) in [7, 11) is 0. The normalized spacial score (nSPS) is 22.3. The zero-order valence-electron chi connectivity index (χ0n) is 13.2. The van der Waals surface area contributed by atoms with Crippen molar-refractivity contribution in [3.63, 3.8) is 0 Å². The number of nitrogens with two attached hydrogens (primary N) is 1. The molecule has 0 aromatic carbocycles. The van der Waals surface area contributed by atoms with Crippen molar-refractivity contribution in [2.24, 2.45) is 0 Å². The number of ether oxygens (including phenoxy) is 1. The molecule has 122 valence electrons. The number of carbonyl (C=O) groups is 1. The van der Waals surface area contributed by atoms with Gasteiger partial charge in [-0.05, 0) is 39.3 Å². The minimum atomic E-state index is -1.17. The van der Waals surface area contributed by atoms with E-state index in [4.69, 9.17) is 10.5 Å². The topological polar surface area (TPSA) is 80.5 Å². The number of alkyl halides is 1. The van der Waals surface area contributed by atoms with Crippen molar-refractivity contribution >= 4 is 17.6 Å². The minimum absolute atomic E-state index is 0.200. The number of hydrogen-bond donors (Lipinski definition) is 2. The van der Waals surface area contributed by atoms with Crippen molar-refractivity contribution in [1.29, 1.82) is 0 Å². The third-order valence-corrected chi connectivity index (χ3v) is 3.38. The van der Waals surface area contributed by atoms with Crippen LogP contribution in [0.3, 0.4) is 0 Å². The van der Waals surface area contributed by atoms with E-state index in [9.17, 15) is 9.18 Å². The van der Waals surface area contributed by atoms with Gasteiger partial charge in [-0.15, -0.1) is 0 Å². The standard InChI is InChI=1S/C15H23FN4O2/c1-15(2,3)22-14(21)19-12-6-7-20(9-11(12)16)10-4-5-13(17)18-8-10/h4-5,8,11-12H,6-7,9H2,1-3H3,(H2,17,18)(H,19,21)/t11-,12+/m0/s1. The lowest BCUT2D eigenvalue weighted by Gasteiger charge is -2.36. The summed E-state index contributed by atoms with van der Waals surface area (Å²) in [5.41, 5.74) is 5.78. The molecule has 3 N–H and O–H groups in total. The summed E-state index contributed by atoms with van der Waals surface area (Å²) < 4.78 is 19.5. The number of nitrogens with one attached hydrogen (secondary N) is 1. The zero-order valence-corrected chi connectivity index (χ0v) is 13.2. The number of aromatic nitrogens is 1. The van der Waals surface area contributed by atoms with Gasteiger partial charge in [-0.25, -0.2) is 14.2 Å². The maximum atomic E-state index is 14.3. The van der Waals surface area contributed by atoms with Crippen molar-refractivity contribution in [1.82, 2.24) is 10.3 Å². The lowest BCUT2D eigenvalue weighted by molar-refractivity contribution is 0.0463. The molecule has 2 rings (SSSR count). The van der Waals surface area contributed by atoms with Crippen LogP contribution in [0.1, 0.15) is 27.2 Å². The van der Waals surface area contributed by atoms with Crippen LogP contribution in [0, 0.1) is 0 Å². The first-order chi connectivity index (χ1) is 10.2. The molecule has 1 saturated heterocycles. The molecule has 0 unspecified atom stereocenters. The van der Waals surface area contributed by atoms with Gasteiger partial charge in [-0.1, -0.05) is 0 Å². The Hall–Kier alpha value is -2.05. The van der Waals surface area contributed by atoms with Gasteiger partial charge in [-0.2, -0.15) is 0 Å². The molecule has 1 aliphatic rings. The Labute approximate surface area is 129 Å². The maximum absolute atomic E-state index is 14.3. The maximum Gasteiger partial charge on any atom is 0.407 e. The highest BCUT2D eigenvalue weighted by molar-refractivity contribution is 5.68. The molecule has 0 radical (unpaired) electrons. The van der Waals surface area contributed by atoms with Crippen LogP contribution in [-0.4, -0.2) is 42.0 Å². The third-order valence-electron chi connectivity index (χ3n) is 3.38. The number of carbonyl (C=O) groups excluding carboxylic acids is 1. The van der Waals surface area contributed by atoms with Crippen molar-refractivity contribution in [3.05, 3.63) is 18.3 Å². The molecule has 6 nitrogen and oxygen atoms in total. The number of hydrogen-bond acceptors (Lipinski definition) is 5. The number of rotatable bonds is 2. The van der Waals surface area contributed by atoms with Gasteiger partial charge >= 0.3 is 6.09 Å². The average molecular weight is 310 g/mol. The molecule has 2 atom stereocenters. The van der Waals surface area contributed by atoms with E-state index in [2.05, 4.69) is 10.3 Å². The van der Waals surface area contributed by atoms with Crippen molar-refractivity contribution in [2.45, 2.75) is 45.0 Å². The molecule has 0 saturated carbocycles. The first-order valence-electron chi connectivity index (χ1n) is 7.34. The number of anilines is 2. The van der Waals surface area contributed by atoms with Crippen LogP contribution in [0.2, 0.25) is 0 Å². The SMILES string of the molecule is CC(C)(C)OC(=O)N[C@@H]1CCN(c2ccc(N)nc2)C[C@@H]1F. The molecule has 2 heterocycles. The van der Waals surface area contributed by atoms with E-state index in [1.54, 1.807) is 33.0 Å². The largest absolute Gasteiger partial charge is 0.444 e. The highest BCUT2D eigenvalue weighted by Gasteiger charge is 2.31. The van der Waals surface area contributed by atoms with Crippen LogP contribution < -0.4 is 16.0 Å². The summed E-state index contributed by atoms with van der Waals surface area (Å²) in [6, 6.07) is 2.97. The van der Waals surface area contributed by atoms with Crippen molar-refractivity contribution in [2.75, 3.05) is 23.7 Å². The number of piperidine rings is 1. The zero-order chi connectivity index (χ0) is 16.3. The second-order valence-electron chi connectivity index (χ2n) is 6.44. The third kappa shape index (κ3) is 4.47. The second kappa shape index (κ2) is 6.37. The molecule has 1 fully saturated rings. The molecule has 7 heteroatoms. The van der Waals surface area contributed by atoms with E-state index in [0.29, 0.717) is 18.8 Å². The number of halogens is 1. The molecular weight excluding hydrogens is 287 g/mol. The predicted octanol–water partition coefficient (Wildman–Crippen LogP) is 2.11. The lowest BCUT2D eigenvalue weighted by atomic mass is 10.0. The quantitative estimate of drug-likeness (QED) is 0.874. The molecular formula is C15H23FN4O2. The van der Waals surface area contributed by atoms with E-state index in [1.165, 1.54) is 0 Å². The summed E-state index contributed by atoms with van der Waals surface area (Å²) in [5.74, 6) is 0.432. The minimum Gasteiger partial charge on any atom is -0.444 e. The fourth-order valence-corrected chi connectivity index (χ4v) is 2.35. The second-order valence-corrected chi connectivity index (χ2v) is 6.44. The van der Waals surface area contributed by atoms with Gasteiger partial charge in [0, 0.05) is 6.54 Å². The average Bonchev–Trinajstić information content (AvgIpc) is 2.40. The summed E-state index contributed by atoms with van der Waals surface area (Å²) in [5, 5.41) is 2.61. The van der Waals surface area contributed by atoms with Crippen LogP contribution in [0.4, 0.5) is 20.7 Å². The number of amides is 1. The summed E-state index contributed by atoms with van der Waals surface area (Å²) in [4.78, 5) is 17.6. The van der Waals surface area contributed by atoms with Crippen LogP contribution in [0.25, 0.3) is 0 Å². The number of alkyl carbamates (subject to hydrolysis) is 1. The molecule has 0 bridgehead atoms. The van der Waals surface area contributed by atoms with Gasteiger partial charge in [0.1, 0.15) is 17.6 Å². The van der Waals surface area contributed by atoms with E-state index in [1.807, 2.05) is 11.0 Å². The summed E-state index contributed by atoms with van der Waals surface area (Å²) >= 11 is 0. The molecule has 0 spiro atoms. The van der Waals surface area contributed by atoms with Gasteiger partial charge in [0.2, 0.25) is 0 Å². The Kier molecular flexibility index (Phi) is 4.73. The highest BCUT2D eigenvalue weighted by Crippen LogP contribution is 2.22. The number of nitrogens with zero attached hydrogens (tertiary/aromatic N) is 2. The summed E-state index contributed by atoms with van der Waals surface area (Å²) in [6.07, 6.45) is 0.385. The van der Waals surface area contributed by atoms with Gasteiger partial charge in [0.25, 0.3) is 0 Å². The Balaban J connectivity index is 1.90. The molecule has 1 aromatic rings. The van der Waals surface area contributed by atoms with Crippen LogP contribution in [0.5, 0.6) is 0 Å². The van der Waals surface area contributed by atoms with Crippen LogP contribution >= 0.6 is 0 Å². The van der Waals surface area contributed by atoms with Crippen molar-refractivity contribution < 1.29 is 13.9 Å². The smallest absolute Gasteiger partial charge is 0.407 e. The van der Waals surface area contributed by atoms with E-state index < -0.39 is 23.9 Å². The van der Waals surface area contributed by atoms with E-state index in [0.717, 1.165) is 5.69 Å². The van der Waals surface area contributed by atoms with Crippen LogP contribution in [-0.2, 0) is 4.74 Å². The molecule has 1 amide bonds. The Morgan fingerprint density at radius 2 is 2.23 bits per heavy atom. The summed E-state index contributed by atoms with van der Waals surface area (Å²) in [6.45, 7) is 6.15. The first-order valence-corrected chi connectivity index (χ1v) is 7.34. The highest BCUT2D eigenvalue weighted by atomic mass is 19.1. The molecule has 1 aromatic heterocycles. The first kappa shape index (κ1) is 16.3. The van der Waals surface area contributed by atoms with Gasteiger partial charge < -0.3 is 20.7 Å². The molecule has 22 heavy (non-hydrogen) atoms. The van der Waals surface area contributed by atoms with Gasteiger partial charge in [-0.3, -0.25) is 0 Å². The van der Waals surface area contributed by atoms with Gasteiger partial charge in [0.05, 0.1) is 24.5 Å². The van der Waals surface area contributed by atoms with E-state index >= 15 is 0 Å². The molecule has 0 aliphatic carbocycles. The fraction of sp³-hybridized carbons (Fsp3) is 0.600. The van der Waals surface area contributed by atoms with Gasteiger partial charge in [0.15, 0.2) is 0 Å². The fourth-order valence-electron chi connectivity index (χ4n) is 2.35. The Morgan fingerprint density at radius 1 is 1.50 bits per heavy atom. The number of pyridine rings is 1. The molecule has 1 aliphatic heterocycles. The van der Waals surface area contributed by atoms with Crippen LogP contribution in [0.15, 0.2) is 18.3 Å². The van der Waals surface area contributed by atoms with Crippen molar-refractivity contribution in [3.8, 4) is 0 Å². The number of nitrogen functional groups attached to an aromatic ring is 1. The monoisotopic (exact) mass is 310 g/mol. The Morgan fingerprint density at radius 3 is 2.77 bits per heavy atom. The van der Waals surface area contributed by atoms with E-state index in [-0.39, 0.29) is 6.54 Å².